The minimum Gasteiger partial charge on any atom is -0.484 e. The highest BCUT2D eigenvalue weighted by Crippen LogP contribution is 2.20. The van der Waals surface area contributed by atoms with E-state index in [0.717, 1.165) is 11.4 Å². The van der Waals surface area contributed by atoms with Crippen LogP contribution < -0.4 is 10.1 Å². The van der Waals surface area contributed by atoms with Crippen LogP contribution >= 0.6 is 0 Å². The van der Waals surface area contributed by atoms with Crippen LogP contribution in [0.25, 0.3) is 11.4 Å². The van der Waals surface area contributed by atoms with Gasteiger partial charge in [0, 0.05) is 18.3 Å². The smallest absolute Gasteiger partial charge is 0.262 e. The third-order valence-electron chi connectivity index (χ3n) is 3.65. The third-order valence-corrected chi connectivity index (χ3v) is 3.65. The molecule has 1 aromatic heterocycles. The second-order valence-electron chi connectivity index (χ2n) is 5.53. The van der Waals surface area contributed by atoms with Crippen LogP contribution in [0.5, 0.6) is 5.75 Å². The molecule has 2 aromatic carbocycles. The Kier molecular flexibility index (Phi) is 4.74. The van der Waals surface area contributed by atoms with Gasteiger partial charge in [0.1, 0.15) is 17.9 Å². The summed E-state index contributed by atoms with van der Waals surface area (Å²) in [4.78, 5) is 16.1. The zero-order chi connectivity index (χ0) is 17.8. The lowest BCUT2D eigenvalue weighted by atomic mass is 10.2. The van der Waals surface area contributed by atoms with Gasteiger partial charge < -0.3 is 10.1 Å². The Hall–Kier alpha value is -3.22. The minimum absolute atomic E-state index is 0.168. The summed E-state index contributed by atoms with van der Waals surface area (Å²) in [7, 11) is 1.81. The Morgan fingerprint density at radius 2 is 2.00 bits per heavy atom. The molecule has 0 radical (unpaired) electrons. The van der Waals surface area contributed by atoms with Gasteiger partial charge in [-0.15, -0.1) is 0 Å². The van der Waals surface area contributed by atoms with Crippen molar-refractivity contribution in [2.24, 2.45) is 7.05 Å². The van der Waals surface area contributed by atoms with Gasteiger partial charge in [0.15, 0.2) is 12.4 Å². The number of hydrogen-bond donors (Lipinski definition) is 1. The average Bonchev–Trinajstić information content (AvgIpc) is 3.03. The van der Waals surface area contributed by atoms with Gasteiger partial charge in [-0.25, -0.2) is 14.1 Å². The molecule has 0 spiro atoms. The van der Waals surface area contributed by atoms with E-state index in [-0.39, 0.29) is 18.3 Å². The summed E-state index contributed by atoms with van der Waals surface area (Å²) in [6, 6.07) is 11.7. The van der Waals surface area contributed by atoms with Gasteiger partial charge >= 0.3 is 0 Å². The molecule has 3 rings (SSSR count). The van der Waals surface area contributed by atoms with Crippen LogP contribution in [0.1, 0.15) is 5.56 Å². The molecule has 6 nitrogen and oxygen atoms in total. The lowest BCUT2D eigenvalue weighted by Gasteiger charge is -2.09. The number of amides is 1. The highest BCUT2D eigenvalue weighted by atomic mass is 19.1. The van der Waals surface area contributed by atoms with E-state index in [9.17, 15) is 9.18 Å². The van der Waals surface area contributed by atoms with Crippen molar-refractivity contribution < 1.29 is 13.9 Å². The van der Waals surface area contributed by atoms with Gasteiger partial charge in [-0.05, 0) is 48.9 Å². The molecule has 1 amide bonds. The van der Waals surface area contributed by atoms with Crippen molar-refractivity contribution in [2.75, 3.05) is 11.9 Å². The Labute approximate surface area is 144 Å². The van der Waals surface area contributed by atoms with E-state index in [4.69, 9.17) is 4.74 Å². The Bertz CT molecular complexity index is 890. The molecule has 25 heavy (non-hydrogen) atoms. The molecule has 0 fully saturated rings. The van der Waals surface area contributed by atoms with E-state index in [1.54, 1.807) is 35.9 Å². The van der Waals surface area contributed by atoms with Gasteiger partial charge in [-0.2, -0.15) is 5.10 Å². The predicted octanol–water partition coefficient (Wildman–Crippen LogP) is 2.95. The molecule has 0 aliphatic rings. The van der Waals surface area contributed by atoms with Crippen molar-refractivity contribution in [2.45, 2.75) is 6.92 Å². The Morgan fingerprint density at radius 3 is 2.64 bits per heavy atom. The lowest BCUT2D eigenvalue weighted by Crippen LogP contribution is -2.20. The van der Waals surface area contributed by atoms with Crippen molar-refractivity contribution in [1.82, 2.24) is 14.8 Å². The van der Waals surface area contributed by atoms with E-state index in [0.29, 0.717) is 17.0 Å². The predicted molar refractivity (Wildman–Crippen MR) is 91.7 cm³/mol. The zero-order valence-electron chi connectivity index (χ0n) is 13.9. The van der Waals surface area contributed by atoms with Crippen LogP contribution in [0, 0.1) is 12.7 Å². The molecule has 0 atom stereocenters. The molecule has 0 bridgehead atoms. The number of carbonyl (C=O) groups is 1. The minimum atomic E-state index is -0.363. The van der Waals surface area contributed by atoms with Crippen LogP contribution in [-0.4, -0.2) is 27.3 Å². The van der Waals surface area contributed by atoms with Gasteiger partial charge in [0.05, 0.1) is 0 Å². The number of benzene rings is 2. The van der Waals surface area contributed by atoms with Gasteiger partial charge in [0.25, 0.3) is 5.91 Å². The maximum absolute atomic E-state index is 13.5. The molecular weight excluding hydrogens is 323 g/mol. The summed E-state index contributed by atoms with van der Waals surface area (Å²) in [5, 5.41) is 6.62. The van der Waals surface area contributed by atoms with Crippen molar-refractivity contribution in [3.05, 3.63) is 60.2 Å². The molecule has 0 unspecified atom stereocenters. The number of nitrogens with zero attached hydrogens (tertiary/aromatic N) is 3. The number of ether oxygens (including phenoxy) is 1. The number of hydrogen-bond acceptors (Lipinski definition) is 4. The topological polar surface area (TPSA) is 69.0 Å². The second kappa shape index (κ2) is 7.12. The summed E-state index contributed by atoms with van der Waals surface area (Å²) >= 11 is 0. The molecule has 1 N–H and O–H groups in total. The fourth-order valence-electron chi connectivity index (χ4n) is 2.27. The number of aromatic nitrogens is 3. The van der Waals surface area contributed by atoms with E-state index >= 15 is 0 Å². The first-order valence-electron chi connectivity index (χ1n) is 7.66. The molecule has 0 saturated carbocycles. The van der Waals surface area contributed by atoms with Crippen LogP contribution in [0.4, 0.5) is 10.1 Å². The monoisotopic (exact) mass is 340 g/mol. The summed E-state index contributed by atoms with van der Waals surface area (Å²) < 4.78 is 20.6. The first kappa shape index (κ1) is 16.6. The van der Waals surface area contributed by atoms with Crippen LogP contribution in [-0.2, 0) is 11.8 Å². The van der Waals surface area contributed by atoms with Gasteiger partial charge in [0.2, 0.25) is 0 Å². The number of carbonyl (C=O) groups excluding carboxylic acids is 1. The second-order valence-corrected chi connectivity index (χ2v) is 5.53. The third kappa shape index (κ3) is 4.00. The van der Waals surface area contributed by atoms with E-state index < -0.39 is 0 Å². The summed E-state index contributed by atoms with van der Waals surface area (Å²) in [5.41, 5.74) is 1.82. The first-order valence-corrected chi connectivity index (χ1v) is 7.66. The molecular formula is C18H17FN4O2. The van der Waals surface area contributed by atoms with Crippen molar-refractivity contribution in [3.8, 4) is 17.1 Å². The maximum atomic E-state index is 13.5. The zero-order valence-corrected chi connectivity index (χ0v) is 13.9. The number of halogens is 1. The van der Waals surface area contributed by atoms with E-state index in [1.807, 2.05) is 19.2 Å². The normalized spacial score (nSPS) is 10.5. The fraction of sp³-hybridized carbons (Fsp3) is 0.167. The average molecular weight is 340 g/mol. The number of nitrogens with one attached hydrogen (secondary N) is 1. The number of rotatable bonds is 5. The molecule has 128 valence electrons. The Morgan fingerprint density at radius 1 is 1.24 bits per heavy atom. The van der Waals surface area contributed by atoms with Gasteiger partial charge in [-0.1, -0.05) is 6.07 Å². The van der Waals surface area contributed by atoms with Crippen molar-refractivity contribution in [1.29, 1.82) is 0 Å². The van der Waals surface area contributed by atoms with E-state index in [1.165, 1.54) is 12.4 Å². The van der Waals surface area contributed by atoms with Gasteiger partial charge in [-0.3, -0.25) is 4.79 Å². The standard InChI is InChI=1S/C18H17FN4O2/c1-12-3-6-14(9-16(12)19)22-17(24)10-25-15-7-4-13(5-8-15)18-20-11-21-23(18)2/h3-9,11H,10H2,1-2H3,(H,22,24). The van der Waals surface area contributed by atoms with Crippen molar-refractivity contribution in [3.63, 3.8) is 0 Å². The molecule has 0 aliphatic carbocycles. The van der Waals surface area contributed by atoms with Crippen LogP contribution in [0.2, 0.25) is 0 Å². The highest BCUT2D eigenvalue weighted by molar-refractivity contribution is 5.91. The molecule has 7 heteroatoms. The summed E-state index contributed by atoms with van der Waals surface area (Å²) in [5.74, 6) is 0.570. The highest BCUT2D eigenvalue weighted by Gasteiger charge is 2.07. The molecule has 0 saturated heterocycles. The van der Waals surface area contributed by atoms with E-state index in [2.05, 4.69) is 15.4 Å². The maximum Gasteiger partial charge on any atom is 0.262 e. The summed E-state index contributed by atoms with van der Waals surface area (Å²) in [6.45, 7) is 1.49. The molecule has 1 heterocycles. The van der Waals surface area contributed by atoms with Crippen molar-refractivity contribution >= 4 is 11.6 Å². The fourth-order valence-corrected chi connectivity index (χ4v) is 2.27. The first-order chi connectivity index (χ1) is 12.0. The SMILES string of the molecule is Cc1ccc(NC(=O)COc2ccc(-c3ncnn3C)cc2)cc1F. The lowest BCUT2D eigenvalue weighted by molar-refractivity contribution is -0.118. The number of aryl methyl sites for hydroxylation is 2. The largest absolute Gasteiger partial charge is 0.484 e. The van der Waals surface area contributed by atoms with Crippen LogP contribution in [0.15, 0.2) is 48.8 Å². The number of anilines is 1. The Balaban J connectivity index is 1.57. The van der Waals surface area contributed by atoms with Crippen LogP contribution in [0.3, 0.4) is 0 Å². The summed E-state index contributed by atoms with van der Waals surface area (Å²) in [6.07, 6.45) is 1.48. The quantitative estimate of drug-likeness (QED) is 0.775. The molecule has 0 aliphatic heterocycles. The molecule has 3 aromatic rings.